The van der Waals surface area contributed by atoms with Crippen molar-refractivity contribution in [2.24, 2.45) is 5.92 Å². The van der Waals surface area contributed by atoms with Gasteiger partial charge in [-0.05, 0) is 25.8 Å². The lowest BCUT2D eigenvalue weighted by Crippen LogP contribution is -2.44. The summed E-state index contributed by atoms with van der Waals surface area (Å²) in [5.74, 6) is -0.0645. The molecule has 2 rings (SSSR count). The van der Waals surface area contributed by atoms with E-state index >= 15 is 0 Å². The zero-order valence-electron chi connectivity index (χ0n) is 12.7. The summed E-state index contributed by atoms with van der Waals surface area (Å²) in [6.45, 7) is 3.56. The Balaban J connectivity index is 1.97. The second-order valence-electron chi connectivity index (χ2n) is 5.56. The van der Waals surface area contributed by atoms with Crippen LogP contribution in [-0.4, -0.2) is 42.2 Å². The van der Waals surface area contributed by atoms with Crippen LogP contribution in [0.4, 0.5) is 0 Å². The lowest BCUT2D eigenvalue weighted by atomic mass is 9.93. The van der Waals surface area contributed by atoms with E-state index in [9.17, 15) is 4.79 Å². The molecule has 0 spiro atoms. The van der Waals surface area contributed by atoms with Gasteiger partial charge in [0.1, 0.15) is 5.75 Å². The van der Waals surface area contributed by atoms with E-state index in [2.05, 4.69) is 17.9 Å². The molecule has 4 heteroatoms. The van der Waals surface area contributed by atoms with Gasteiger partial charge in [0.2, 0.25) is 0 Å². The molecule has 1 N–H and O–H groups in total. The van der Waals surface area contributed by atoms with Gasteiger partial charge >= 0.3 is 5.97 Å². The van der Waals surface area contributed by atoms with Crippen LogP contribution in [0.15, 0.2) is 30.3 Å². The van der Waals surface area contributed by atoms with Gasteiger partial charge < -0.3 is 9.84 Å². The maximum Gasteiger partial charge on any atom is 0.307 e. The van der Waals surface area contributed by atoms with E-state index < -0.39 is 5.97 Å². The number of para-hydroxylation sites is 1. The molecule has 0 amide bonds. The van der Waals surface area contributed by atoms with Crippen LogP contribution in [-0.2, 0) is 4.79 Å². The molecule has 114 valence electrons. The van der Waals surface area contributed by atoms with Crippen LogP contribution in [0.5, 0.6) is 5.75 Å². The fourth-order valence-electron chi connectivity index (χ4n) is 2.75. The number of likely N-dealkylation sites (tertiary alicyclic amines) is 1. The first-order valence-electron chi connectivity index (χ1n) is 7.38. The SMILES string of the molecule is COc1ccccc1/C=C/CN1CC(C(=O)O)CCC1C. The van der Waals surface area contributed by atoms with E-state index in [1.807, 2.05) is 30.3 Å². The number of carboxylic acids is 1. The van der Waals surface area contributed by atoms with E-state index in [0.29, 0.717) is 12.6 Å². The third kappa shape index (κ3) is 4.08. The fourth-order valence-corrected chi connectivity index (χ4v) is 2.75. The molecular formula is C17H23NO3. The highest BCUT2D eigenvalue weighted by Gasteiger charge is 2.28. The number of methoxy groups -OCH3 is 1. The van der Waals surface area contributed by atoms with Gasteiger partial charge in [0, 0.05) is 24.7 Å². The highest BCUT2D eigenvalue weighted by molar-refractivity contribution is 5.70. The summed E-state index contributed by atoms with van der Waals surface area (Å²) < 4.78 is 5.31. The summed E-state index contributed by atoms with van der Waals surface area (Å²) in [7, 11) is 1.66. The molecule has 1 aliphatic rings. The van der Waals surface area contributed by atoms with E-state index in [1.165, 1.54) is 0 Å². The molecule has 4 nitrogen and oxygen atoms in total. The fraction of sp³-hybridized carbons (Fsp3) is 0.471. The normalized spacial score (nSPS) is 23.3. The monoisotopic (exact) mass is 289 g/mol. The maximum atomic E-state index is 11.1. The molecule has 1 saturated heterocycles. The van der Waals surface area contributed by atoms with Crippen molar-refractivity contribution in [3.8, 4) is 5.75 Å². The lowest BCUT2D eigenvalue weighted by molar-refractivity contribution is -0.144. The van der Waals surface area contributed by atoms with E-state index in [-0.39, 0.29) is 5.92 Å². The van der Waals surface area contributed by atoms with Crippen LogP contribution in [0.2, 0.25) is 0 Å². The van der Waals surface area contributed by atoms with Crippen molar-refractivity contribution in [3.63, 3.8) is 0 Å². The molecule has 2 atom stereocenters. The maximum absolute atomic E-state index is 11.1. The number of nitrogens with zero attached hydrogens (tertiary/aromatic N) is 1. The van der Waals surface area contributed by atoms with Gasteiger partial charge in [-0.3, -0.25) is 9.69 Å². The molecular weight excluding hydrogens is 266 g/mol. The topological polar surface area (TPSA) is 49.8 Å². The first-order valence-corrected chi connectivity index (χ1v) is 7.38. The van der Waals surface area contributed by atoms with Crippen molar-refractivity contribution in [1.82, 2.24) is 4.90 Å². The number of aliphatic carboxylic acids is 1. The molecule has 21 heavy (non-hydrogen) atoms. The number of hydrogen-bond acceptors (Lipinski definition) is 3. The Kier molecular flexibility index (Phi) is 5.39. The van der Waals surface area contributed by atoms with Gasteiger partial charge in [-0.25, -0.2) is 0 Å². The highest BCUT2D eigenvalue weighted by atomic mass is 16.5. The molecule has 2 unspecified atom stereocenters. The average Bonchev–Trinajstić information content (AvgIpc) is 2.49. The van der Waals surface area contributed by atoms with Crippen LogP contribution in [0, 0.1) is 5.92 Å². The van der Waals surface area contributed by atoms with Crippen molar-refractivity contribution in [1.29, 1.82) is 0 Å². The molecule has 1 aromatic carbocycles. The molecule has 0 bridgehead atoms. The Hall–Kier alpha value is -1.81. The zero-order valence-corrected chi connectivity index (χ0v) is 12.7. The van der Waals surface area contributed by atoms with Crippen LogP contribution < -0.4 is 4.74 Å². The Morgan fingerprint density at radius 3 is 2.90 bits per heavy atom. The van der Waals surface area contributed by atoms with E-state index in [0.717, 1.165) is 30.7 Å². The molecule has 1 heterocycles. The van der Waals surface area contributed by atoms with Crippen LogP contribution in [0.3, 0.4) is 0 Å². The van der Waals surface area contributed by atoms with Crippen LogP contribution >= 0.6 is 0 Å². The first-order chi connectivity index (χ1) is 10.1. The van der Waals surface area contributed by atoms with Crippen molar-refractivity contribution in [2.75, 3.05) is 20.2 Å². The zero-order chi connectivity index (χ0) is 15.2. The largest absolute Gasteiger partial charge is 0.496 e. The van der Waals surface area contributed by atoms with Crippen LogP contribution in [0.1, 0.15) is 25.3 Å². The second-order valence-corrected chi connectivity index (χ2v) is 5.56. The molecule has 1 fully saturated rings. The predicted molar refractivity (Wildman–Crippen MR) is 83.4 cm³/mol. The number of carbonyl (C=O) groups is 1. The van der Waals surface area contributed by atoms with Gasteiger partial charge in [0.05, 0.1) is 13.0 Å². The Bertz CT molecular complexity index is 513. The minimum absolute atomic E-state index is 0.235. The Labute approximate surface area is 126 Å². The van der Waals surface area contributed by atoms with E-state index in [4.69, 9.17) is 9.84 Å². The van der Waals surface area contributed by atoms with E-state index in [1.54, 1.807) is 7.11 Å². The predicted octanol–water partition coefficient (Wildman–Crippen LogP) is 2.89. The second kappa shape index (κ2) is 7.27. The standard InChI is InChI=1S/C17H23NO3/c1-13-9-10-15(17(19)20)12-18(13)11-5-7-14-6-3-4-8-16(14)21-2/h3-8,13,15H,9-12H2,1-2H3,(H,19,20)/b7-5+. The number of piperidine rings is 1. The van der Waals surface area contributed by atoms with Crippen molar-refractivity contribution >= 4 is 12.0 Å². The first kappa shape index (κ1) is 15.6. The number of benzene rings is 1. The molecule has 1 aromatic rings. The van der Waals surface area contributed by atoms with Crippen molar-refractivity contribution in [2.45, 2.75) is 25.8 Å². The quantitative estimate of drug-likeness (QED) is 0.905. The number of hydrogen-bond donors (Lipinski definition) is 1. The van der Waals surface area contributed by atoms with Gasteiger partial charge in [-0.2, -0.15) is 0 Å². The molecule has 0 aliphatic carbocycles. The van der Waals surface area contributed by atoms with Gasteiger partial charge in [0.25, 0.3) is 0 Å². The smallest absolute Gasteiger partial charge is 0.307 e. The minimum Gasteiger partial charge on any atom is -0.496 e. The number of rotatable bonds is 5. The number of carboxylic acid groups (broad SMARTS) is 1. The molecule has 0 saturated carbocycles. The average molecular weight is 289 g/mol. The summed E-state index contributed by atoms with van der Waals surface area (Å²) in [5, 5.41) is 9.15. The molecule has 0 radical (unpaired) electrons. The van der Waals surface area contributed by atoms with Gasteiger partial charge in [-0.1, -0.05) is 30.4 Å². The summed E-state index contributed by atoms with van der Waals surface area (Å²) in [5.41, 5.74) is 1.04. The van der Waals surface area contributed by atoms with Gasteiger partial charge in [-0.15, -0.1) is 0 Å². The van der Waals surface area contributed by atoms with Crippen molar-refractivity contribution in [3.05, 3.63) is 35.9 Å². The third-order valence-corrected chi connectivity index (χ3v) is 4.14. The number of ether oxygens (including phenoxy) is 1. The highest BCUT2D eigenvalue weighted by Crippen LogP contribution is 2.23. The minimum atomic E-state index is -0.680. The Morgan fingerprint density at radius 1 is 1.43 bits per heavy atom. The summed E-state index contributed by atoms with van der Waals surface area (Å²) in [4.78, 5) is 13.4. The van der Waals surface area contributed by atoms with Gasteiger partial charge in [0.15, 0.2) is 0 Å². The third-order valence-electron chi connectivity index (χ3n) is 4.14. The van der Waals surface area contributed by atoms with Crippen molar-refractivity contribution < 1.29 is 14.6 Å². The molecule has 1 aliphatic heterocycles. The summed E-state index contributed by atoms with van der Waals surface area (Å²) >= 11 is 0. The Morgan fingerprint density at radius 2 is 2.19 bits per heavy atom. The van der Waals surface area contributed by atoms with Crippen LogP contribution in [0.25, 0.3) is 6.08 Å². The summed E-state index contributed by atoms with van der Waals surface area (Å²) in [6.07, 6.45) is 5.84. The molecule has 0 aromatic heterocycles. The summed E-state index contributed by atoms with van der Waals surface area (Å²) in [6, 6.07) is 8.30. The lowest BCUT2D eigenvalue weighted by Gasteiger charge is -2.35.